The van der Waals surface area contributed by atoms with Gasteiger partial charge in [-0.05, 0) is 18.3 Å². The van der Waals surface area contributed by atoms with Gasteiger partial charge in [0, 0.05) is 5.92 Å². The first kappa shape index (κ1) is 8.72. The Morgan fingerprint density at radius 2 is 2.08 bits per heavy atom. The summed E-state index contributed by atoms with van der Waals surface area (Å²) in [4.78, 5) is 3.94. The van der Waals surface area contributed by atoms with Gasteiger partial charge in [0.15, 0.2) is 0 Å². The number of para-hydroxylation sites is 1. The van der Waals surface area contributed by atoms with Crippen molar-refractivity contribution in [3.63, 3.8) is 0 Å². The lowest BCUT2D eigenvalue weighted by molar-refractivity contribution is 0.971. The molecule has 0 saturated heterocycles. The van der Waals surface area contributed by atoms with Crippen LogP contribution in [0.5, 0.6) is 0 Å². The fraction of sp³-hybridized carbons (Fsp3) is 0.182. The Kier molecular flexibility index (Phi) is 2.81. The second kappa shape index (κ2) is 3.86. The molecule has 0 amide bonds. The predicted octanol–water partition coefficient (Wildman–Crippen LogP) is 3.31. The first-order chi connectivity index (χ1) is 5.79. The molecule has 62 valence electrons. The van der Waals surface area contributed by atoms with E-state index in [1.54, 1.807) is 0 Å². The highest BCUT2D eigenvalue weighted by Crippen LogP contribution is 2.26. The van der Waals surface area contributed by atoms with Crippen molar-refractivity contribution in [3.05, 3.63) is 42.5 Å². The van der Waals surface area contributed by atoms with E-state index in [1.165, 1.54) is 5.56 Å². The molecule has 1 rings (SSSR count). The minimum absolute atomic E-state index is 0.340. The van der Waals surface area contributed by atoms with Crippen LogP contribution in [-0.4, -0.2) is 6.72 Å². The van der Waals surface area contributed by atoms with Gasteiger partial charge in [0.05, 0.1) is 5.69 Å². The Bertz CT molecular complexity index is 289. The molecule has 0 fully saturated rings. The quantitative estimate of drug-likeness (QED) is 0.474. The van der Waals surface area contributed by atoms with Gasteiger partial charge in [0.2, 0.25) is 0 Å². The molecule has 1 unspecified atom stereocenters. The van der Waals surface area contributed by atoms with Gasteiger partial charge in [-0.2, -0.15) is 0 Å². The lowest BCUT2D eigenvalue weighted by Gasteiger charge is -2.08. The summed E-state index contributed by atoms with van der Waals surface area (Å²) in [7, 11) is 0. The van der Waals surface area contributed by atoms with Crippen LogP contribution in [0.4, 0.5) is 5.69 Å². The Balaban J connectivity index is 3.12. The maximum atomic E-state index is 3.94. The summed E-state index contributed by atoms with van der Waals surface area (Å²) in [5.41, 5.74) is 2.13. The van der Waals surface area contributed by atoms with Gasteiger partial charge in [0.1, 0.15) is 0 Å². The molecule has 0 aliphatic rings. The van der Waals surface area contributed by atoms with Crippen molar-refractivity contribution >= 4 is 12.4 Å². The van der Waals surface area contributed by atoms with Gasteiger partial charge in [-0.3, -0.25) is 4.99 Å². The largest absolute Gasteiger partial charge is 0.264 e. The molecular weight excluding hydrogens is 146 g/mol. The molecule has 0 saturated carbocycles. The van der Waals surface area contributed by atoms with Crippen LogP contribution in [0.25, 0.3) is 0 Å². The van der Waals surface area contributed by atoms with Gasteiger partial charge in [-0.15, -0.1) is 6.58 Å². The van der Waals surface area contributed by atoms with E-state index in [0.717, 1.165) is 5.69 Å². The van der Waals surface area contributed by atoms with Crippen molar-refractivity contribution < 1.29 is 0 Å². The van der Waals surface area contributed by atoms with E-state index in [2.05, 4.69) is 31.3 Å². The van der Waals surface area contributed by atoms with Crippen molar-refractivity contribution in [1.82, 2.24) is 0 Å². The van der Waals surface area contributed by atoms with Gasteiger partial charge >= 0.3 is 0 Å². The fourth-order valence-corrected chi connectivity index (χ4v) is 1.14. The van der Waals surface area contributed by atoms with Crippen molar-refractivity contribution in [2.45, 2.75) is 12.8 Å². The molecule has 0 aromatic heterocycles. The van der Waals surface area contributed by atoms with E-state index >= 15 is 0 Å². The van der Waals surface area contributed by atoms with Gasteiger partial charge in [0.25, 0.3) is 0 Å². The molecule has 1 nitrogen and oxygen atoms in total. The zero-order chi connectivity index (χ0) is 8.97. The number of hydrogen-bond donors (Lipinski definition) is 0. The van der Waals surface area contributed by atoms with Crippen molar-refractivity contribution in [3.8, 4) is 0 Å². The molecule has 1 heteroatoms. The van der Waals surface area contributed by atoms with Crippen LogP contribution in [0, 0.1) is 0 Å². The normalized spacial score (nSPS) is 12.1. The molecular formula is C11H13N. The van der Waals surface area contributed by atoms with Crippen LogP contribution in [0.15, 0.2) is 41.9 Å². The molecule has 1 aromatic carbocycles. The number of rotatable bonds is 3. The summed E-state index contributed by atoms with van der Waals surface area (Å²) in [5, 5.41) is 0. The molecule has 0 radical (unpaired) electrons. The second-order valence-electron chi connectivity index (χ2n) is 2.74. The summed E-state index contributed by atoms with van der Waals surface area (Å²) in [6.07, 6.45) is 1.91. The average Bonchev–Trinajstić information content (AvgIpc) is 2.16. The number of benzene rings is 1. The first-order valence-corrected chi connectivity index (χ1v) is 3.97. The summed E-state index contributed by atoms with van der Waals surface area (Å²) >= 11 is 0. The van der Waals surface area contributed by atoms with Crippen LogP contribution < -0.4 is 0 Å². The number of allylic oxidation sites excluding steroid dienone is 1. The molecule has 12 heavy (non-hydrogen) atoms. The first-order valence-electron chi connectivity index (χ1n) is 3.97. The summed E-state index contributed by atoms with van der Waals surface area (Å²) in [6.45, 7) is 9.37. The summed E-state index contributed by atoms with van der Waals surface area (Å²) < 4.78 is 0. The van der Waals surface area contributed by atoms with E-state index in [9.17, 15) is 0 Å². The van der Waals surface area contributed by atoms with E-state index in [-0.39, 0.29) is 0 Å². The van der Waals surface area contributed by atoms with Crippen LogP contribution in [0.3, 0.4) is 0 Å². The second-order valence-corrected chi connectivity index (χ2v) is 2.74. The molecule has 0 aliphatic heterocycles. The smallest absolute Gasteiger partial charge is 0.0660 e. The Morgan fingerprint density at radius 1 is 1.42 bits per heavy atom. The SMILES string of the molecule is C=CC(C)c1ccccc1N=C. The van der Waals surface area contributed by atoms with Crippen LogP contribution in [-0.2, 0) is 0 Å². The standard InChI is InChI=1S/C11H13N/c1-4-9(2)10-7-5-6-8-11(10)12-3/h4-9H,1,3H2,2H3. The molecule has 0 spiro atoms. The highest BCUT2D eigenvalue weighted by molar-refractivity contribution is 5.53. The van der Waals surface area contributed by atoms with E-state index in [0.29, 0.717) is 5.92 Å². The zero-order valence-corrected chi connectivity index (χ0v) is 7.33. The van der Waals surface area contributed by atoms with E-state index in [4.69, 9.17) is 0 Å². The van der Waals surface area contributed by atoms with Crippen LogP contribution in [0.1, 0.15) is 18.4 Å². The zero-order valence-electron chi connectivity index (χ0n) is 7.33. The summed E-state index contributed by atoms with van der Waals surface area (Å²) in [6, 6.07) is 7.98. The topological polar surface area (TPSA) is 12.4 Å². The third-order valence-corrected chi connectivity index (χ3v) is 1.95. The Morgan fingerprint density at radius 3 is 2.67 bits per heavy atom. The lowest BCUT2D eigenvalue weighted by Crippen LogP contribution is -1.87. The minimum Gasteiger partial charge on any atom is -0.264 e. The third kappa shape index (κ3) is 1.62. The lowest BCUT2D eigenvalue weighted by atomic mass is 10.00. The molecule has 0 bridgehead atoms. The maximum absolute atomic E-state index is 3.94. The highest BCUT2D eigenvalue weighted by Gasteiger charge is 2.04. The van der Waals surface area contributed by atoms with Gasteiger partial charge in [-0.1, -0.05) is 31.2 Å². The average molecular weight is 159 g/mol. The van der Waals surface area contributed by atoms with E-state index < -0.39 is 0 Å². The number of aliphatic imine (C=N–C) groups is 1. The maximum Gasteiger partial charge on any atom is 0.0660 e. The van der Waals surface area contributed by atoms with Crippen LogP contribution >= 0.6 is 0 Å². The number of nitrogens with zero attached hydrogens (tertiary/aromatic N) is 1. The van der Waals surface area contributed by atoms with Crippen LogP contribution in [0.2, 0.25) is 0 Å². The molecule has 0 heterocycles. The van der Waals surface area contributed by atoms with Crippen molar-refractivity contribution in [2.75, 3.05) is 0 Å². The van der Waals surface area contributed by atoms with Gasteiger partial charge < -0.3 is 0 Å². The monoisotopic (exact) mass is 159 g/mol. The Hall–Kier alpha value is -1.37. The van der Waals surface area contributed by atoms with Gasteiger partial charge in [-0.25, -0.2) is 0 Å². The molecule has 0 aliphatic carbocycles. The van der Waals surface area contributed by atoms with Crippen molar-refractivity contribution in [2.24, 2.45) is 4.99 Å². The molecule has 1 atom stereocenters. The summed E-state index contributed by atoms with van der Waals surface area (Å²) in [5.74, 6) is 0.340. The molecule has 0 N–H and O–H groups in total. The Labute approximate surface area is 73.5 Å². The molecule has 1 aromatic rings. The number of hydrogen-bond acceptors (Lipinski definition) is 1. The van der Waals surface area contributed by atoms with Crippen molar-refractivity contribution in [1.29, 1.82) is 0 Å². The minimum atomic E-state index is 0.340. The fourth-order valence-electron chi connectivity index (χ4n) is 1.14. The third-order valence-electron chi connectivity index (χ3n) is 1.95. The predicted molar refractivity (Wildman–Crippen MR) is 54.3 cm³/mol. The highest BCUT2D eigenvalue weighted by atomic mass is 14.7. The van der Waals surface area contributed by atoms with E-state index in [1.807, 2.05) is 24.3 Å².